The van der Waals surface area contributed by atoms with Crippen LogP contribution in [0.3, 0.4) is 0 Å². The molecule has 4 aromatic rings. The number of nitrogens with two attached hydrogens (primary N) is 1. The summed E-state index contributed by atoms with van der Waals surface area (Å²) in [4.78, 5) is 13.0. The monoisotopic (exact) mass is 476 g/mol. The van der Waals surface area contributed by atoms with Gasteiger partial charge in [0.2, 0.25) is 18.4 Å². The average Bonchev–Trinajstić information content (AvgIpc) is 3.58. The SMILES string of the molecule is CC(C)Oc1ccc(/C=N/NC(=O)c2nnn(-c3nonc3N)c2-c2ccc3c(c2)OCO3)cc1. The highest BCUT2D eigenvalue weighted by atomic mass is 16.7. The van der Waals surface area contributed by atoms with Gasteiger partial charge in [0.05, 0.1) is 12.3 Å². The maximum Gasteiger partial charge on any atom is 0.294 e. The molecule has 13 nitrogen and oxygen atoms in total. The molecule has 1 aliphatic heterocycles. The number of nitrogens with one attached hydrogen (secondary N) is 1. The van der Waals surface area contributed by atoms with E-state index in [0.29, 0.717) is 17.1 Å². The van der Waals surface area contributed by atoms with Gasteiger partial charge in [0, 0.05) is 5.56 Å². The number of rotatable bonds is 7. The zero-order chi connectivity index (χ0) is 24.4. The molecule has 1 aliphatic rings. The predicted molar refractivity (Wildman–Crippen MR) is 122 cm³/mol. The highest BCUT2D eigenvalue weighted by molar-refractivity contribution is 5.99. The Bertz CT molecular complexity index is 1390. The first-order chi connectivity index (χ1) is 17.0. The van der Waals surface area contributed by atoms with Crippen molar-refractivity contribution in [3.8, 4) is 34.3 Å². The highest BCUT2D eigenvalue weighted by Crippen LogP contribution is 2.37. The Hall–Kier alpha value is -4.94. The normalized spacial score (nSPS) is 12.4. The van der Waals surface area contributed by atoms with E-state index in [1.807, 2.05) is 38.1 Å². The number of carbonyl (C=O) groups is 1. The lowest BCUT2D eigenvalue weighted by atomic mass is 10.1. The van der Waals surface area contributed by atoms with E-state index in [-0.39, 0.29) is 35.9 Å². The summed E-state index contributed by atoms with van der Waals surface area (Å²) in [5.74, 6) is 1.29. The number of amides is 1. The van der Waals surface area contributed by atoms with E-state index in [2.05, 4.69) is 35.8 Å². The molecule has 0 fully saturated rings. The van der Waals surface area contributed by atoms with Crippen LogP contribution in [0.4, 0.5) is 5.82 Å². The van der Waals surface area contributed by atoms with Crippen LogP contribution in [-0.4, -0.2) is 50.3 Å². The third kappa shape index (κ3) is 4.46. The van der Waals surface area contributed by atoms with Gasteiger partial charge in [0.25, 0.3) is 5.91 Å². The van der Waals surface area contributed by atoms with Crippen LogP contribution in [-0.2, 0) is 0 Å². The molecular formula is C22H20N8O5. The first-order valence-corrected chi connectivity index (χ1v) is 10.5. The Morgan fingerprint density at radius 1 is 1.17 bits per heavy atom. The van der Waals surface area contributed by atoms with Crippen LogP contribution in [0.25, 0.3) is 17.1 Å². The second-order valence-corrected chi connectivity index (χ2v) is 7.67. The summed E-state index contributed by atoms with van der Waals surface area (Å²) < 4.78 is 22.4. The summed E-state index contributed by atoms with van der Waals surface area (Å²) in [5.41, 5.74) is 9.89. The molecule has 35 heavy (non-hydrogen) atoms. The van der Waals surface area contributed by atoms with Gasteiger partial charge in [-0.05, 0) is 72.2 Å². The molecule has 0 spiro atoms. The molecule has 0 bridgehead atoms. The summed E-state index contributed by atoms with van der Waals surface area (Å²) in [6, 6.07) is 12.4. The van der Waals surface area contributed by atoms with Gasteiger partial charge >= 0.3 is 0 Å². The zero-order valence-corrected chi connectivity index (χ0v) is 18.7. The number of nitrogen functional groups attached to an aromatic ring is 1. The van der Waals surface area contributed by atoms with Crippen molar-refractivity contribution in [1.82, 2.24) is 30.7 Å². The van der Waals surface area contributed by atoms with E-state index < -0.39 is 5.91 Å². The van der Waals surface area contributed by atoms with Gasteiger partial charge in [-0.2, -0.15) is 9.78 Å². The van der Waals surface area contributed by atoms with E-state index in [1.54, 1.807) is 18.2 Å². The fraction of sp³-hybridized carbons (Fsp3) is 0.182. The van der Waals surface area contributed by atoms with E-state index in [9.17, 15) is 4.79 Å². The lowest BCUT2D eigenvalue weighted by molar-refractivity contribution is 0.0950. The zero-order valence-electron chi connectivity index (χ0n) is 18.7. The largest absolute Gasteiger partial charge is 0.491 e. The standard InChI is InChI=1S/C22H20N8O5/c1-12(2)34-15-6-3-13(4-7-15)10-24-26-22(31)18-19(14-5-8-16-17(9-14)33-11-32-16)30(29-25-18)21-20(23)27-35-28-21/h3-10,12H,11H2,1-2H3,(H2,23,27)(H,26,31)/b24-10+. The number of nitrogens with zero attached hydrogens (tertiary/aromatic N) is 6. The Morgan fingerprint density at radius 3 is 2.71 bits per heavy atom. The number of ether oxygens (including phenoxy) is 3. The van der Waals surface area contributed by atoms with Crippen molar-refractivity contribution in [2.75, 3.05) is 12.5 Å². The number of carbonyl (C=O) groups excluding carboxylic acids is 1. The minimum absolute atomic E-state index is 0.0215. The molecule has 5 rings (SSSR count). The minimum atomic E-state index is -0.602. The Balaban J connectivity index is 1.42. The first kappa shape index (κ1) is 21.9. The van der Waals surface area contributed by atoms with Gasteiger partial charge in [-0.25, -0.2) is 10.1 Å². The number of aromatic nitrogens is 5. The van der Waals surface area contributed by atoms with Gasteiger partial charge in [-0.3, -0.25) is 4.79 Å². The average molecular weight is 476 g/mol. The van der Waals surface area contributed by atoms with E-state index in [0.717, 1.165) is 11.3 Å². The number of anilines is 1. The van der Waals surface area contributed by atoms with Crippen LogP contribution in [0.15, 0.2) is 52.2 Å². The van der Waals surface area contributed by atoms with Crippen LogP contribution in [0.5, 0.6) is 17.2 Å². The summed E-state index contributed by atoms with van der Waals surface area (Å²) in [5, 5.41) is 19.4. The second-order valence-electron chi connectivity index (χ2n) is 7.67. The summed E-state index contributed by atoms with van der Waals surface area (Å²) in [6.45, 7) is 4.00. The molecule has 13 heteroatoms. The van der Waals surface area contributed by atoms with Crippen molar-refractivity contribution in [2.24, 2.45) is 5.10 Å². The number of fused-ring (bicyclic) bond motifs is 1. The minimum Gasteiger partial charge on any atom is -0.491 e. The van der Waals surface area contributed by atoms with Gasteiger partial charge in [-0.1, -0.05) is 5.21 Å². The van der Waals surface area contributed by atoms with Gasteiger partial charge in [0.15, 0.2) is 17.2 Å². The molecule has 178 valence electrons. The molecule has 3 heterocycles. The molecule has 0 saturated heterocycles. The van der Waals surface area contributed by atoms with E-state index >= 15 is 0 Å². The van der Waals surface area contributed by atoms with Crippen LogP contribution in [0.2, 0.25) is 0 Å². The van der Waals surface area contributed by atoms with Crippen molar-refractivity contribution >= 4 is 17.9 Å². The summed E-state index contributed by atoms with van der Waals surface area (Å²) in [7, 11) is 0. The Morgan fingerprint density at radius 2 is 1.97 bits per heavy atom. The van der Waals surface area contributed by atoms with E-state index in [1.165, 1.54) is 10.9 Å². The van der Waals surface area contributed by atoms with Crippen LogP contribution in [0, 0.1) is 0 Å². The van der Waals surface area contributed by atoms with Crippen LogP contribution >= 0.6 is 0 Å². The predicted octanol–water partition coefficient (Wildman–Crippen LogP) is 2.18. The molecule has 0 unspecified atom stereocenters. The quantitative estimate of drug-likeness (QED) is 0.298. The van der Waals surface area contributed by atoms with Crippen molar-refractivity contribution in [3.63, 3.8) is 0 Å². The van der Waals surface area contributed by atoms with E-state index in [4.69, 9.17) is 19.9 Å². The van der Waals surface area contributed by atoms with Crippen molar-refractivity contribution in [3.05, 3.63) is 53.7 Å². The number of hydrogen-bond donors (Lipinski definition) is 2. The van der Waals surface area contributed by atoms with Crippen LogP contribution in [0.1, 0.15) is 29.9 Å². The van der Waals surface area contributed by atoms with Gasteiger partial charge in [0.1, 0.15) is 11.4 Å². The topological polar surface area (TPSA) is 165 Å². The number of hydrazone groups is 1. The number of benzene rings is 2. The molecule has 0 aliphatic carbocycles. The Labute approximate surface area is 198 Å². The molecule has 3 N–H and O–H groups in total. The second kappa shape index (κ2) is 9.13. The smallest absolute Gasteiger partial charge is 0.294 e. The molecule has 1 amide bonds. The molecule has 2 aromatic carbocycles. The third-order valence-electron chi connectivity index (χ3n) is 4.86. The fourth-order valence-corrected chi connectivity index (χ4v) is 3.35. The van der Waals surface area contributed by atoms with Gasteiger partial charge in [-0.15, -0.1) is 5.10 Å². The maximum absolute atomic E-state index is 13.0. The highest BCUT2D eigenvalue weighted by Gasteiger charge is 2.26. The van der Waals surface area contributed by atoms with Crippen LogP contribution < -0.4 is 25.4 Å². The fourth-order valence-electron chi connectivity index (χ4n) is 3.35. The molecule has 0 radical (unpaired) electrons. The van der Waals surface area contributed by atoms with Crippen molar-refractivity contribution in [2.45, 2.75) is 20.0 Å². The molecular weight excluding hydrogens is 456 g/mol. The summed E-state index contributed by atoms with van der Waals surface area (Å²) in [6.07, 6.45) is 1.57. The molecule has 0 atom stereocenters. The molecule has 2 aromatic heterocycles. The Kier molecular flexibility index (Phi) is 5.71. The number of hydrogen-bond acceptors (Lipinski definition) is 11. The molecule has 0 saturated carbocycles. The van der Waals surface area contributed by atoms with Gasteiger partial charge < -0.3 is 19.9 Å². The van der Waals surface area contributed by atoms with Crippen molar-refractivity contribution in [1.29, 1.82) is 0 Å². The lowest BCUT2D eigenvalue weighted by Crippen LogP contribution is -2.19. The lowest BCUT2D eigenvalue weighted by Gasteiger charge is -2.09. The maximum atomic E-state index is 13.0. The van der Waals surface area contributed by atoms with Crippen molar-refractivity contribution < 1.29 is 23.6 Å². The first-order valence-electron chi connectivity index (χ1n) is 10.5. The third-order valence-corrected chi connectivity index (χ3v) is 4.86. The summed E-state index contributed by atoms with van der Waals surface area (Å²) >= 11 is 0.